The van der Waals surface area contributed by atoms with Crippen LogP contribution in [0.2, 0.25) is 0 Å². The first-order chi connectivity index (χ1) is 8.52. The molecule has 0 saturated heterocycles. The molecule has 0 aromatic carbocycles. The second-order valence-electron chi connectivity index (χ2n) is 5.64. The van der Waals surface area contributed by atoms with Crippen LogP contribution in [0, 0.1) is 0 Å². The van der Waals surface area contributed by atoms with Gasteiger partial charge < -0.3 is 10.2 Å². The summed E-state index contributed by atoms with van der Waals surface area (Å²) in [6.07, 6.45) is 9.56. The number of hydrogen-bond acceptors (Lipinski definition) is 2. The summed E-state index contributed by atoms with van der Waals surface area (Å²) in [4.78, 5) is 2.38. The predicted molar refractivity (Wildman–Crippen MR) is 83.1 cm³/mol. The first-order valence-corrected chi connectivity index (χ1v) is 7.54. The summed E-state index contributed by atoms with van der Waals surface area (Å²) < 4.78 is 0. The van der Waals surface area contributed by atoms with Crippen molar-refractivity contribution in [2.24, 2.45) is 0 Å². The van der Waals surface area contributed by atoms with Gasteiger partial charge in [-0.15, -0.1) is 6.58 Å². The van der Waals surface area contributed by atoms with E-state index in [0.29, 0.717) is 6.04 Å². The van der Waals surface area contributed by atoms with Gasteiger partial charge in [0.2, 0.25) is 0 Å². The van der Waals surface area contributed by atoms with Gasteiger partial charge in [-0.05, 0) is 53.2 Å². The molecule has 0 saturated carbocycles. The zero-order chi connectivity index (χ0) is 14.0. The Kier molecular flexibility index (Phi) is 9.39. The molecule has 0 heterocycles. The molecule has 0 amide bonds. The first kappa shape index (κ1) is 17.7. The highest BCUT2D eigenvalue weighted by atomic mass is 15.2. The van der Waals surface area contributed by atoms with Crippen LogP contribution in [-0.2, 0) is 0 Å². The Hall–Kier alpha value is -0.340. The minimum Gasteiger partial charge on any atom is -0.312 e. The van der Waals surface area contributed by atoms with E-state index in [1.165, 1.54) is 32.1 Å². The molecule has 1 N–H and O–H groups in total. The van der Waals surface area contributed by atoms with Crippen molar-refractivity contribution < 1.29 is 0 Å². The quantitative estimate of drug-likeness (QED) is 0.445. The number of hydrogen-bond donors (Lipinski definition) is 1. The molecule has 2 atom stereocenters. The number of rotatable bonds is 11. The topological polar surface area (TPSA) is 15.3 Å². The average Bonchev–Trinajstić information content (AvgIpc) is 2.36. The molecule has 0 aliphatic rings. The number of nitrogens with zero attached hydrogens (tertiary/aromatic N) is 1. The van der Waals surface area contributed by atoms with Gasteiger partial charge in [0.15, 0.2) is 0 Å². The van der Waals surface area contributed by atoms with Crippen molar-refractivity contribution in [1.82, 2.24) is 10.2 Å². The summed E-state index contributed by atoms with van der Waals surface area (Å²) in [6, 6.07) is 0.589. The lowest BCUT2D eigenvalue weighted by Crippen LogP contribution is -2.56. The van der Waals surface area contributed by atoms with E-state index in [1.807, 2.05) is 6.08 Å². The van der Waals surface area contributed by atoms with Crippen LogP contribution in [0.1, 0.15) is 59.3 Å². The molecule has 108 valence electrons. The Morgan fingerprint density at radius 1 is 1.22 bits per heavy atom. The van der Waals surface area contributed by atoms with Crippen molar-refractivity contribution in [3.8, 4) is 0 Å². The summed E-state index contributed by atoms with van der Waals surface area (Å²) in [5.74, 6) is 0. The average molecular weight is 254 g/mol. The summed E-state index contributed by atoms with van der Waals surface area (Å²) in [5, 5.41) is 3.68. The smallest absolute Gasteiger partial charge is 0.0325 e. The lowest BCUT2D eigenvalue weighted by Gasteiger charge is -2.43. The van der Waals surface area contributed by atoms with E-state index in [0.717, 1.165) is 13.0 Å². The van der Waals surface area contributed by atoms with Crippen molar-refractivity contribution in [1.29, 1.82) is 0 Å². The molecule has 0 aliphatic heterocycles. The maximum absolute atomic E-state index is 3.78. The van der Waals surface area contributed by atoms with Gasteiger partial charge in [-0.2, -0.15) is 0 Å². The molecule has 0 bridgehead atoms. The number of unbranched alkanes of at least 4 members (excludes halogenated alkanes) is 3. The van der Waals surface area contributed by atoms with E-state index < -0.39 is 0 Å². The minimum atomic E-state index is 0.258. The summed E-state index contributed by atoms with van der Waals surface area (Å²) >= 11 is 0. The van der Waals surface area contributed by atoms with E-state index in [9.17, 15) is 0 Å². The third kappa shape index (κ3) is 5.53. The van der Waals surface area contributed by atoms with E-state index in [2.05, 4.69) is 51.7 Å². The van der Waals surface area contributed by atoms with Crippen molar-refractivity contribution in [2.45, 2.75) is 70.9 Å². The maximum Gasteiger partial charge on any atom is 0.0325 e. The van der Waals surface area contributed by atoms with Gasteiger partial charge in [0, 0.05) is 11.6 Å². The Balaban J connectivity index is 4.31. The lowest BCUT2D eigenvalue weighted by atomic mass is 9.84. The Bertz CT molecular complexity index is 213. The second kappa shape index (κ2) is 9.57. The lowest BCUT2D eigenvalue weighted by molar-refractivity contribution is 0.107. The molecule has 2 nitrogen and oxygen atoms in total. The van der Waals surface area contributed by atoms with Gasteiger partial charge in [0.05, 0.1) is 0 Å². The van der Waals surface area contributed by atoms with Gasteiger partial charge in [-0.1, -0.05) is 32.8 Å². The van der Waals surface area contributed by atoms with Crippen LogP contribution in [0.5, 0.6) is 0 Å². The van der Waals surface area contributed by atoms with Crippen molar-refractivity contribution in [3.63, 3.8) is 0 Å². The summed E-state index contributed by atoms with van der Waals surface area (Å²) in [5.41, 5.74) is 0.258. The highest BCUT2D eigenvalue weighted by Crippen LogP contribution is 2.25. The van der Waals surface area contributed by atoms with Crippen LogP contribution in [-0.4, -0.2) is 37.1 Å². The number of allylic oxidation sites excluding steroid dienone is 1. The van der Waals surface area contributed by atoms with Crippen LogP contribution in [0.25, 0.3) is 0 Å². The fourth-order valence-electron chi connectivity index (χ4n) is 2.57. The molecule has 0 fully saturated rings. The third-order valence-electron chi connectivity index (χ3n) is 4.34. The fraction of sp³-hybridized carbons (Fsp3) is 0.875. The Morgan fingerprint density at radius 3 is 2.33 bits per heavy atom. The van der Waals surface area contributed by atoms with Gasteiger partial charge in [0.25, 0.3) is 0 Å². The molecular formula is C16H34N2. The summed E-state index contributed by atoms with van der Waals surface area (Å²) in [7, 11) is 4.40. The maximum atomic E-state index is 3.78. The van der Waals surface area contributed by atoms with E-state index >= 15 is 0 Å². The SMILES string of the molecule is C=CCCCCCC(NCC)C(C)(CC)N(C)C. The van der Waals surface area contributed by atoms with E-state index in [1.54, 1.807) is 0 Å². The molecule has 0 aromatic rings. The van der Waals surface area contributed by atoms with Crippen molar-refractivity contribution in [3.05, 3.63) is 12.7 Å². The van der Waals surface area contributed by atoms with Crippen LogP contribution < -0.4 is 5.32 Å². The largest absolute Gasteiger partial charge is 0.312 e. The standard InChI is InChI=1S/C16H34N2/c1-7-10-11-12-13-14-15(17-9-3)16(4,8-2)18(5)6/h7,15,17H,1,8-14H2,2-6H3. The van der Waals surface area contributed by atoms with Crippen LogP contribution >= 0.6 is 0 Å². The van der Waals surface area contributed by atoms with Crippen LogP contribution in [0.4, 0.5) is 0 Å². The zero-order valence-corrected chi connectivity index (χ0v) is 13.3. The van der Waals surface area contributed by atoms with Gasteiger partial charge in [-0.3, -0.25) is 0 Å². The monoisotopic (exact) mass is 254 g/mol. The predicted octanol–water partition coefficient (Wildman–Crippen LogP) is 3.83. The molecule has 0 aromatic heterocycles. The van der Waals surface area contributed by atoms with E-state index in [-0.39, 0.29) is 5.54 Å². The molecule has 0 spiro atoms. The van der Waals surface area contributed by atoms with Crippen LogP contribution in [0.3, 0.4) is 0 Å². The molecule has 0 rings (SSSR count). The highest BCUT2D eigenvalue weighted by Gasteiger charge is 2.33. The molecule has 18 heavy (non-hydrogen) atoms. The molecular weight excluding hydrogens is 220 g/mol. The van der Waals surface area contributed by atoms with Gasteiger partial charge in [-0.25, -0.2) is 0 Å². The van der Waals surface area contributed by atoms with Gasteiger partial charge >= 0.3 is 0 Å². The summed E-state index contributed by atoms with van der Waals surface area (Å²) in [6.45, 7) is 11.7. The van der Waals surface area contributed by atoms with Crippen molar-refractivity contribution in [2.75, 3.05) is 20.6 Å². The van der Waals surface area contributed by atoms with Crippen molar-refractivity contribution >= 4 is 0 Å². The molecule has 0 aliphatic carbocycles. The first-order valence-electron chi connectivity index (χ1n) is 7.54. The third-order valence-corrected chi connectivity index (χ3v) is 4.34. The minimum absolute atomic E-state index is 0.258. The molecule has 2 heteroatoms. The molecule has 2 unspecified atom stereocenters. The zero-order valence-electron chi connectivity index (χ0n) is 13.3. The Labute approximate surface area is 115 Å². The van der Waals surface area contributed by atoms with Crippen LogP contribution in [0.15, 0.2) is 12.7 Å². The Morgan fingerprint density at radius 2 is 1.89 bits per heavy atom. The second-order valence-corrected chi connectivity index (χ2v) is 5.64. The van der Waals surface area contributed by atoms with E-state index in [4.69, 9.17) is 0 Å². The number of nitrogens with one attached hydrogen (secondary N) is 1. The van der Waals surface area contributed by atoms with Gasteiger partial charge in [0.1, 0.15) is 0 Å². The normalized spacial score (nSPS) is 16.6. The molecule has 0 radical (unpaired) electrons. The number of likely N-dealkylation sites (N-methyl/N-ethyl adjacent to an activating group) is 2. The highest BCUT2D eigenvalue weighted by molar-refractivity contribution is 4.93. The fourth-order valence-corrected chi connectivity index (χ4v) is 2.57.